The molecule has 1 aromatic heterocycles. The Bertz CT molecular complexity index is 1090. The standard InChI is InChI=1S/C25H28FN5OS/c26-22-9-5-4-8-21(22)17-29-12-14-30(15-13-29)23(32)18-33-25-28-27-24(20-10-11-20)31(25)16-19-6-2-1-3-7-19/h1-9,20H,10-18H2. The van der Waals surface area contributed by atoms with Crippen molar-refractivity contribution in [3.05, 3.63) is 77.4 Å². The van der Waals surface area contributed by atoms with Crippen LogP contribution in [0.1, 0.15) is 35.7 Å². The number of halogens is 1. The van der Waals surface area contributed by atoms with Gasteiger partial charge in [-0.25, -0.2) is 4.39 Å². The molecule has 0 bridgehead atoms. The number of nitrogens with zero attached hydrogens (tertiary/aromatic N) is 5. The maximum absolute atomic E-state index is 13.9. The molecule has 1 saturated carbocycles. The third-order valence-corrected chi connectivity index (χ3v) is 7.22. The molecular weight excluding hydrogens is 437 g/mol. The van der Waals surface area contributed by atoms with Gasteiger partial charge < -0.3 is 9.47 Å². The molecule has 6 nitrogen and oxygen atoms in total. The molecule has 1 aliphatic heterocycles. The zero-order valence-corrected chi connectivity index (χ0v) is 19.4. The van der Waals surface area contributed by atoms with Crippen LogP contribution >= 0.6 is 11.8 Å². The zero-order valence-electron chi connectivity index (χ0n) is 18.6. The monoisotopic (exact) mass is 465 g/mol. The molecule has 2 fully saturated rings. The molecule has 2 heterocycles. The first-order chi connectivity index (χ1) is 16.2. The predicted molar refractivity (Wildman–Crippen MR) is 127 cm³/mol. The molecule has 8 heteroatoms. The number of amides is 1. The molecule has 0 N–H and O–H groups in total. The van der Waals surface area contributed by atoms with E-state index in [9.17, 15) is 9.18 Å². The molecule has 5 rings (SSSR count). The molecule has 1 saturated heterocycles. The number of hydrogen-bond acceptors (Lipinski definition) is 5. The fourth-order valence-corrected chi connectivity index (χ4v) is 5.05. The zero-order chi connectivity index (χ0) is 22.6. The second-order valence-corrected chi connectivity index (χ2v) is 9.67. The van der Waals surface area contributed by atoms with Gasteiger partial charge in [-0.2, -0.15) is 0 Å². The van der Waals surface area contributed by atoms with E-state index in [-0.39, 0.29) is 11.7 Å². The van der Waals surface area contributed by atoms with E-state index in [2.05, 4.69) is 31.8 Å². The minimum atomic E-state index is -0.169. The quantitative estimate of drug-likeness (QED) is 0.474. The largest absolute Gasteiger partial charge is 0.339 e. The molecule has 2 aromatic carbocycles. The number of thioether (sulfide) groups is 1. The van der Waals surface area contributed by atoms with Gasteiger partial charge in [0, 0.05) is 44.2 Å². The summed E-state index contributed by atoms with van der Waals surface area (Å²) in [5.41, 5.74) is 1.91. The van der Waals surface area contributed by atoms with E-state index in [1.165, 1.54) is 23.4 Å². The molecule has 2 aliphatic rings. The minimum absolute atomic E-state index is 0.118. The van der Waals surface area contributed by atoms with Crippen molar-refractivity contribution < 1.29 is 9.18 Å². The van der Waals surface area contributed by atoms with Crippen molar-refractivity contribution in [1.82, 2.24) is 24.6 Å². The predicted octanol–water partition coefficient (Wildman–Crippen LogP) is 3.78. The fraction of sp³-hybridized carbons (Fsp3) is 0.400. The number of benzene rings is 2. The number of carbonyl (C=O) groups excluding carboxylic acids is 1. The van der Waals surface area contributed by atoms with Gasteiger partial charge in [0.2, 0.25) is 5.91 Å². The number of piperazine rings is 1. The van der Waals surface area contributed by atoms with E-state index < -0.39 is 0 Å². The third kappa shape index (κ3) is 5.45. The summed E-state index contributed by atoms with van der Waals surface area (Å²) in [6.07, 6.45) is 2.32. The summed E-state index contributed by atoms with van der Waals surface area (Å²) >= 11 is 1.47. The van der Waals surface area contributed by atoms with Crippen molar-refractivity contribution in [2.75, 3.05) is 31.9 Å². The van der Waals surface area contributed by atoms with Gasteiger partial charge in [0.15, 0.2) is 5.16 Å². The summed E-state index contributed by atoms with van der Waals surface area (Å²) in [7, 11) is 0. The summed E-state index contributed by atoms with van der Waals surface area (Å²) in [5, 5.41) is 9.68. The van der Waals surface area contributed by atoms with Gasteiger partial charge in [-0.1, -0.05) is 60.3 Å². The first-order valence-electron chi connectivity index (χ1n) is 11.5. The highest BCUT2D eigenvalue weighted by Gasteiger charge is 2.31. The summed E-state index contributed by atoms with van der Waals surface area (Å²) in [6.45, 7) is 4.14. The highest BCUT2D eigenvalue weighted by molar-refractivity contribution is 7.99. The van der Waals surface area contributed by atoms with E-state index in [1.54, 1.807) is 6.07 Å². The lowest BCUT2D eigenvalue weighted by Crippen LogP contribution is -2.48. The van der Waals surface area contributed by atoms with Gasteiger partial charge in [-0.05, 0) is 24.5 Å². The van der Waals surface area contributed by atoms with Crippen LogP contribution in [0.4, 0.5) is 4.39 Å². The Morgan fingerprint density at radius 1 is 0.939 bits per heavy atom. The van der Waals surface area contributed by atoms with Crippen molar-refractivity contribution in [3.63, 3.8) is 0 Å². The van der Waals surface area contributed by atoms with Crippen LogP contribution in [0.5, 0.6) is 0 Å². The van der Waals surface area contributed by atoms with Gasteiger partial charge in [0.05, 0.1) is 12.3 Å². The van der Waals surface area contributed by atoms with E-state index in [4.69, 9.17) is 0 Å². The normalized spacial score (nSPS) is 16.8. The molecule has 0 unspecified atom stereocenters. The highest BCUT2D eigenvalue weighted by Crippen LogP contribution is 2.40. The second-order valence-electron chi connectivity index (χ2n) is 8.72. The number of hydrogen-bond donors (Lipinski definition) is 0. The molecule has 0 spiro atoms. The van der Waals surface area contributed by atoms with Crippen molar-refractivity contribution in [2.45, 2.75) is 37.0 Å². The fourth-order valence-electron chi connectivity index (χ4n) is 4.21. The van der Waals surface area contributed by atoms with Crippen LogP contribution in [-0.2, 0) is 17.9 Å². The maximum atomic E-state index is 13.9. The Hall–Kier alpha value is -2.71. The van der Waals surface area contributed by atoms with Gasteiger partial charge in [-0.3, -0.25) is 9.69 Å². The summed E-state index contributed by atoms with van der Waals surface area (Å²) in [4.78, 5) is 17.0. The molecule has 1 amide bonds. The van der Waals surface area contributed by atoms with Crippen LogP contribution in [-0.4, -0.2) is 62.4 Å². The first-order valence-corrected chi connectivity index (χ1v) is 12.5. The lowest BCUT2D eigenvalue weighted by atomic mass is 10.2. The lowest BCUT2D eigenvalue weighted by Gasteiger charge is -2.34. The van der Waals surface area contributed by atoms with Crippen LogP contribution in [0, 0.1) is 5.82 Å². The number of carbonyl (C=O) groups is 1. The summed E-state index contributed by atoms with van der Waals surface area (Å²) < 4.78 is 16.1. The summed E-state index contributed by atoms with van der Waals surface area (Å²) in [6, 6.07) is 17.2. The average Bonchev–Trinajstić information content (AvgIpc) is 3.61. The molecule has 0 atom stereocenters. The molecular formula is C25H28FN5OS. The third-order valence-electron chi connectivity index (χ3n) is 6.27. The van der Waals surface area contributed by atoms with Crippen LogP contribution in [0.2, 0.25) is 0 Å². The minimum Gasteiger partial charge on any atom is -0.339 e. The van der Waals surface area contributed by atoms with E-state index in [0.29, 0.717) is 36.9 Å². The van der Waals surface area contributed by atoms with E-state index in [1.807, 2.05) is 35.2 Å². The van der Waals surface area contributed by atoms with Crippen LogP contribution < -0.4 is 0 Å². The molecule has 33 heavy (non-hydrogen) atoms. The second kappa shape index (κ2) is 10.1. The van der Waals surface area contributed by atoms with Gasteiger partial charge in [0.25, 0.3) is 0 Å². The van der Waals surface area contributed by atoms with Gasteiger partial charge in [0.1, 0.15) is 11.6 Å². The van der Waals surface area contributed by atoms with Crippen molar-refractivity contribution in [1.29, 1.82) is 0 Å². The van der Waals surface area contributed by atoms with Crippen molar-refractivity contribution in [2.24, 2.45) is 0 Å². The summed E-state index contributed by atoms with van der Waals surface area (Å²) in [5.74, 6) is 1.83. The Balaban J connectivity index is 1.16. The molecule has 1 aliphatic carbocycles. The molecule has 3 aromatic rings. The SMILES string of the molecule is O=C(CSc1nnc(C2CC2)n1Cc1ccccc1)N1CCN(Cc2ccccc2F)CC1. The Morgan fingerprint density at radius 2 is 1.67 bits per heavy atom. The number of aromatic nitrogens is 3. The smallest absolute Gasteiger partial charge is 0.233 e. The molecule has 0 radical (unpaired) electrons. The topological polar surface area (TPSA) is 54.3 Å². The molecule has 172 valence electrons. The number of rotatable bonds is 8. The Morgan fingerprint density at radius 3 is 2.39 bits per heavy atom. The maximum Gasteiger partial charge on any atom is 0.233 e. The van der Waals surface area contributed by atoms with Gasteiger partial charge >= 0.3 is 0 Å². The Kier molecular flexibility index (Phi) is 6.73. The van der Waals surface area contributed by atoms with Crippen LogP contribution in [0.15, 0.2) is 59.8 Å². The average molecular weight is 466 g/mol. The van der Waals surface area contributed by atoms with Crippen LogP contribution in [0.3, 0.4) is 0 Å². The van der Waals surface area contributed by atoms with Crippen LogP contribution in [0.25, 0.3) is 0 Å². The first kappa shape index (κ1) is 22.1. The van der Waals surface area contributed by atoms with Gasteiger partial charge in [-0.15, -0.1) is 10.2 Å². The lowest BCUT2D eigenvalue weighted by molar-refractivity contribution is -0.130. The van der Waals surface area contributed by atoms with E-state index >= 15 is 0 Å². The van der Waals surface area contributed by atoms with E-state index in [0.717, 1.165) is 43.5 Å². The van der Waals surface area contributed by atoms with Crippen molar-refractivity contribution in [3.8, 4) is 0 Å². The highest BCUT2D eigenvalue weighted by atomic mass is 32.2. The van der Waals surface area contributed by atoms with Crippen molar-refractivity contribution >= 4 is 17.7 Å². The Labute approximate surface area is 197 Å².